The van der Waals surface area contributed by atoms with E-state index in [1.807, 2.05) is 0 Å². The Hall–Kier alpha value is -1.50. The molecule has 3 aromatic rings. The summed E-state index contributed by atoms with van der Waals surface area (Å²) in [6.07, 6.45) is 0. The van der Waals surface area contributed by atoms with E-state index in [4.69, 9.17) is 0 Å². The van der Waals surface area contributed by atoms with Gasteiger partial charge in [0.2, 0.25) is 0 Å². The van der Waals surface area contributed by atoms with Gasteiger partial charge in [0.25, 0.3) is 0 Å². The zero-order valence-corrected chi connectivity index (χ0v) is 20.8. The third kappa shape index (κ3) is 5.99. The number of rotatable bonds is 5. The molecule has 0 unspecified atom stereocenters. The molecule has 0 atom stereocenters. The first kappa shape index (κ1) is 21.8. The predicted octanol–water partition coefficient (Wildman–Crippen LogP) is 3.74. The molecule has 0 heterocycles. The van der Waals surface area contributed by atoms with Gasteiger partial charge in [-0.3, -0.25) is 0 Å². The van der Waals surface area contributed by atoms with Crippen LogP contribution in [0.3, 0.4) is 0 Å². The molecule has 0 radical (unpaired) electrons. The normalized spacial score (nSPS) is 10.4. The van der Waals surface area contributed by atoms with Gasteiger partial charge in [0.05, 0.1) is 0 Å². The molecule has 0 fully saturated rings. The Balaban J connectivity index is 0.000000465. The van der Waals surface area contributed by atoms with Crippen LogP contribution >= 0.6 is 0 Å². The summed E-state index contributed by atoms with van der Waals surface area (Å²) in [6, 6.07) is 26.9. The molecule has 1 nitrogen and oxygen atoms in total. The van der Waals surface area contributed by atoms with Crippen LogP contribution in [0.1, 0.15) is 30.5 Å². The van der Waals surface area contributed by atoms with Gasteiger partial charge >= 0.3 is 142 Å². The Morgan fingerprint density at radius 1 is 0.556 bits per heavy atom. The summed E-state index contributed by atoms with van der Waals surface area (Å²) in [6.45, 7) is 13.2. The van der Waals surface area contributed by atoms with E-state index >= 15 is 0 Å². The van der Waals surface area contributed by atoms with Gasteiger partial charge in [0, 0.05) is 0 Å². The second-order valence-electron chi connectivity index (χ2n) is 6.65. The van der Waals surface area contributed by atoms with E-state index in [0.717, 1.165) is 13.1 Å². The molecule has 0 aliphatic heterocycles. The summed E-state index contributed by atoms with van der Waals surface area (Å²) >= 11 is -2.23. The molecular formula is C25H32BiN. The average molecular weight is 556 g/mol. The Kier molecular flexibility index (Phi) is 9.18. The van der Waals surface area contributed by atoms with Crippen molar-refractivity contribution in [1.82, 2.24) is 5.32 Å². The van der Waals surface area contributed by atoms with E-state index in [-0.39, 0.29) is 0 Å². The zero-order valence-electron chi connectivity index (χ0n) is 17.3. The van der Waals surface area contributed by atoms with E-state index in [9.17, 15) is 0 Å². The summed E-state index contributed by atoms with van der Waals surface area (Å²) < 4.78 is 4.79. The van der Waals surface area contributed by atoms with Crippen LogP contribution in [0, 0.1) is 20.8 Å². The number of hydrogen-bond acceptors (Lipinski definition) is 1. The van der Waals surface area contributed by atoms with Gasteiger partial charge in [-0.2, -0.15) is 0 Å². The third-order valence-electron chi connectivity index (χ3n) is 4.57. The summed E-state index contributed by atoms with van der Waals surface area (Å²) in [5.74, 6) is 0. The van der Waals surface area contributed by atoms with Crippen molar-refractivity contribution in [3.63, 3.8) is 0 Å². The number of nitrogens with one attached hydrogen (secondary N) is 1. The van der Waals surface area contributed by atoms with Crippen LogP contribution in [0.4, 0.5) is 0 Å². The van der Waals surface area contributed by atoms with Crippen molar-refractivity contribution in [1.29, 1.82) is 0 Å². The molecule has 1 N–H and O–H groups in total. The quantitative estimate of drug-likeness (QED) is 0.474. The molecule has 0 saturated carbocycles. The van der Waals surface area contributed by atoms with Crippen molar-refractivity contribution in [2.45, 2.75) is 34.6 Å². The Morgan fingerprint density at radius 2 is 0.852 bits per heavy atom. The molecule has 3 rings (SSSR count). The molecule has 27 heavy (non-hydrogen) atoms. The van der Waals surface area contributed by atoms with Gasteiger partial charge in [-0.15, -0.1) is 0 Å². The van der Waals surface area contributed by atoms with E-state index in [1.165, 1.54) is 16.7 Å². The molecule has 2 heteroatoms. The fourth-order valence-corrected chi connectivity index (χ4v) is 13.8. The first-order chi connectivity index (χ1) is 13.1. The van der Waals surface area contributed by atoms with Gasteiger partial charge in [-0.25, -0.2) is 0 Å². The topological polar surface area (TPSA) is 12.0 Å². The van der Waals surface area contributed by atoms with Gasteiger partial charge < -0.3 is 5.32 Å². The van der Waals surface area contributed by atoms with Crippen LogP contribution in [0.15, 0.2) is 72.8 Å². The molecule has 3 aromatic carbocycles. The molecule has 0 spiro atoms. The van der Waals surface area contributed by atoms with E-state index in [1.54, 1.807) is 9.81 Å². The first-order valence-corrected chi connectivity index (χ1v) is 15.0. The van der Waals surface area contributed by atoms with Crippen LogP contribution in [-0.2, 0) is 0 Å². The van der Waals surface area contributed by atoms with Crippen LogP contribution in [0.5, 0.6) is 0 Å². The van der Waals surface area contributed by atoms with Gasteiger partial charge in [0.15, 0.2) is 0 Å². The maximum atomic E-state index is 3.11. The standard InChI is InChI=1S/3C7H7.C4H11N.Bi/c3*1-7-5-3-2-4-6-7;1-3-5-4-2;/h3*2-5H,1H3;5H,3-4H2,1-2H3;. The van der Waals surface area contributed by atoms with Crippen molar-refractivity contribution in [3.8, 4) is 0 Å². The second kappa shape index (κ2) is 11.4. The second-order valence-corrected chi connectivity index (χ2v) is 14.9. The van der Waals surface area contributed by atoms with Crippen molar-refractivity contribution in [3.05, 3.63) is 89.5 Å². The fourth-order valence-electron chi connectivity index (χ4n) is 3.08. The van der Waals surface area contributed by atoms with E-state index < -0.39 is 21.8 Å². The average Bonchev–Trinajstić information content (AvgIpc) is 2.67. The van der Waals surface area contributed by atoms with Crippen molar-refractivity contribution in [2.75, 3.05) is 13.1 Å². The summed E-state index contributed by atoms with van der Waals surface area (Å²) in [4.78, 5) is 0. The fraction of sp³-hybridized carbons (Fsp3) is 0.280. The minimum atomic E-state index is -2.23. The van der Waals surface area contributed by atoms with Crippen LogP contribution < -0.4 is 15.1 Å². The van der Waals surface area contributed by atoms with Gasteiger partial charge in [-0.1, -0.05) is 13.8 Å². The van der Waals surface area contributed by atoms with Crippen LogP contribution in [-0.4, -0.2) is 34.8 Å². The molecule has 0 bridgehead atoms. The first-order valence-electron chi connectivity index (χ1n) is 9.77. The summed E-state index contributed by atoms with van der Waals surface area (Å²) in [5.41, 5.74) is 4.31. The van der Waals surface area contributed by atoms with Crippen LogP contribution in [0.25, 0.3) is 0 Å². The predicted molar refractivity (Wildman–Crippen MR) is 122 cm³/mol. The summed E-state index contributed by atoms with van der Waals surface area (Å²) in [5, 5.41) is 3.11. The minimum absolute atomic E-state index is 1.09. The molecule has 0 amide bonds. The summed E-state index contributed by atoms with van der Waals surface area (Å²) in [7, 11) is 0. The number of hydrogen-bond donors (Lipinski definition) is 1. The number of aryl methyl sites for hydroxylation is 3. The monoisotopic (exact) mass is 555 g/mol. The molecule has 0 aromatic heterocycles. The van der Waals surface area contributed by atoms with Gasteiger partial charge in [0.1, 0.15) is 0 Å². The van der Waals surface area contributed by atoms with Gasteiger partial charge in [-0.05, 0) is 13.1 Å². The van der Waals surface area contributed by atoms with E-state index in [2.05, 4.69) is 113 Å². The maximum absolute atomic E-state index is 3.11. The molecular weight excluding hydrogens is 523 g/mol. The van der Waals surface area contributed by atoms with E-state index in [0.29, 0.717) is 0 Å². The Labute approximate surface area is 173 Å². The van der Waals surface area contributed by atoms with Crippen LogP contribution in [0.2, 0.25) is 0 Å². The van der Waals surface area contributed by atoms with Crippen molar-refractivity contribution >= 4 is 31.6 Å². The molecule has 142 valence electrons. The molecule has 0 aliphatic rings. The molecule has 0 saturated heterocycles. The Bertz CT molecular complexity index is 731. The SMILES string of the molecule is CCNCC.Cc1cccc[c]1[Bi]([c]1ccccc1C)[c]1ccccc1C. The third-order valence-corrected chi connectivity index (χ3v) is 16.0. The van der Waals surface area contributed by atoms with Crippen molar-refractivity contribution in [2.24, 2.45) is 0 Å². The van der Waals surface area contributed by atoms with Crippen molar-refractivity contribution < 1.29 is 0 Å². The molecule has 0 aliphatic carbocycles. The number of benzene rings is 3. The zero-order chi connectivity index (χ0) is 19.6. The Morgan fingerprint density at radius 3 is 1.07 bits per heavy atom.